The molecule has 0 saturated heterocycles. The molecule has 0 amide bonds. The van der Waals surface area contributed by atoms with Crippen LogP contribution in [0.5, 0.6) is 0 Å². The Labute approximate surface area is 210 Å². The van der Waals surface area contributed by atoms with Gasteiger partial charge in [-0.1, -0.05) is 96.8 Å². The molecule has 0 heterocycles. The van der Waals surface area contributed by atoms with E-state index in [4.69, 9.17) is 11.2 Å². The van der Waals surface area contributed by atoms with E-state index in [1.54, 1.807) is 0 Å². The van der Waals surface area contributed by atoms with Crippen molar-refractivity contribution in [2.45, 2.75) is 167 Å². The Morgan fingerprint density at radius 1 is 0.344 bits per heavy atom. The molecule has 0 bridgehead atoms. The van der Waals surface area contributed by atoms with E-state index in [0.29, 0.717) is 0 Å². The first kappa shape index (κ1) is 32.7. The summed E-state index contributed by atoms with van der Waals surface area (Å²) >= 11 is 6.62. The Balaban J connectivity index is 3.07. The van der Waals surface area contributed by atoms with Crippen LogP contribution in [0.3, 0.4) is 0 Å². The first-order chi connectivity index (χ1) is 15.3. The number of halogens is 1. The second-order valence-corrected chi connectivity index (χ2v) is 22.2. The second-order valence-electron chi connectivity index (χ2n) is 12.1. The minimum absolute atomic E-state index is 1.26. The van der Waals surface area contributed by atoms with Crippen LogP contribution < -0.4 is 0 Å². The zero-order valence-corrected chi connectivity index (χ0v) is 24.9. The Morgan fingerprint density at radius 2 is 0.531 bits per heavy atom. The van der Waals surface area contributed by atoms with E-state index in [-0.39, 0.29) is 0 Å². The van der Waals surface area contributed by atoms with Crippen LogP contribution in [-0.4, -0.2) is 26.2 Å². The van der Waals surface area contributed by atoms with Crippen molar-refractivity contribution in [1.82, 2.24) is 0 Å². The van der Waals surface area contributed by atoms with Crippen LogP contribution in [0.25, 0.3) is 0 Å². The van der Waals surface area contributed by atoms with Gasteiger partial charge in [-0.15, -0.1) is 0 Å². The van der Waals surface area contributed by atoms with Gasteiger partial charge in [-0.2, -0.15) is 0 Å². The normalized spacial score (nSPS) is 13.3. The van der Waals surface area contributed by atoms with Crippen LogP contribution in [-0.2, 0) is 0 Å². The molecule has 2 heteroatoms. The first-order valence-electron chi connectivity index (χ1n) is 15.0. The van der Waals surface area contributed by atoms with Gasteiger partial charge < -0.3 is 0 Å². The van der Waals surface area contributed by atoms with Gasteiger partial charge in [-0.05, 0) is 0 Å². The van der Waals surface area contributed by atoms with Crippen molar-refractivity contribution in [2.24, 2.45) is 0 Å². The first-order valence-corrected chi connectivity index (χ1v) is 19.7. The SMILES string of the molecule is CCCCCCCCCCCCCCCCCCCCCCCCCCCP(C)(C)(C)Cl. The fourth-order valence-electron chi connectivity index (χ4n) is 4.78. The van der Waals surface area contributed by atoms with Crippen LogP contribution in [0.4, 0.5) is 0 Å². The fourth-order valence-corrected chi connectivity index (χ4v) is 6.44. The van der Waals surface area contributed by atoms with Crippen molar-refractivity contribution < 1.29 is 0 Å². The summed E-state index contributed by atoms with van der Waals surface area (Å²) in [5.41, 5.74) is 0. The summed E-state index contributed by atoms with van der Waals surface area (Å²) < 4.78 is 0. The van der Waals surface area contributed by atoms with Gasteiger partial charge in [0.25, 0.3) is 0 Å². The molecule has 0 aromatic rings. The Morgan fingerprint density at radius 3 is 0.719 bits per heavy atom. The van der Waals surface area contributed by atoms with Gasteiger partial charge in [0, 0.05) is 0 Å². The molecule has 0 saturated carbocycles. The molecule has 0 nitrogen and oxygen atoms in total. The van der Waals surface area contributed by atoms with Gasteiger partial charge in [0.05, 0.1) is 0 Å². The van der Waals surface area contributed by atoms with E-state index in [2.05, 4.69) is 26.9 Å². The fraction of sp³-hybridized carbons (Fsp3) is 1.00. The van der Waals surface area contributed by atoms with E-state index in [1.165, 1.54) is 167 Å². The predicted octanol–water partition coefficient (Wildman–Crippen LogP) is 12.4. The van der Waals surface area contributed by atoms with Crippen molar-refractivity contribution >= 4 is 17.2 Å². The van der Waals surface area contributed by atoms with Crippen molar-refractivity contribution in [1.29, 1.82) is 0 Å². The number of unbranched alkanes of at least 4 members (excludes halogenated alkanes) is 24. The predicted molar refractivity (Wildman–Crippen MR) is 157 cm³/mol. The van der Waals surface area contributed by atoms with Gasteiger partial charge in [-0.3, -0.25) is 0 Å². The third-order valence-electron chi connectivity index (χ3n) is 7.02. The monoisotopic (exact) mass is 490 g/mol. The molecular weight excluding hydrogens is 427 g/mol. The molecule has 0 spiro atoms. The molecule has 0 N–H and O–H groups in total. The van der Waals surface area contributed by atoms with E-state index in [1.807, 2.05) is 0 Å². The number of hydrogen-bond donors (Lipinski definition) is 0. The van der Waals surface area contributed by atoms with E-state index in [0.717, 1.165) is 0 Å². The zero-order chi connectivity index (χ0) is 23.8. The molecule has 196 valence electrons. The van der Waals surface area contributed by atoms with Gasteiger partial charge in [0.1, 0.15) is 0 Å². The maximum absolute atomic E-state index is 6.62. The Hall–Kier alpha value is 0.720. The summed E-state index contributed by atoms with van der Waals surface area (Å²) in [6, 6.07) is 0. The molecular formula is C30H64ClP. The summed E-state index contributed by atoms with van der Waals surface area (Å²) in [4.78, 5) is 0. The average molecular weight is 491 g/mol. The standard InChI is InChI=1S/C30H64ClP/c1-5-6-7-8-9-10-11-12-13-14-15-16-17-18-19-20-21-22-23-24-25-26-27-28-29-30-32(2,3,4)31/h5-30H2,1-4H3. The molecule has 0 rings (SSSR count). The molecule has 0 aromatic carbocycles. The van der Waals surface area contributed by atoms with Gasteiger partial charge in [0.2, 0.25) is 0 Å². The molecule has 0 unspecified atom stereocenters. The third kappa shape index (κ3) is 30.7. The quantitative estimate of drug-likeness (QED) is 0.0834. The number of hydrogen-bond acceptors (Lipinski definition) is 0. The third-order valence-corrected chi connectivity index (χ3v) is 9.35. The zero-order valence-electron chi connectivity index (χ0n) is 23.2. The molecule has 0 aromatic heterocycles. The van der Waals surface area contributed by atoms with Gasteiger partial charge >= 0.3 is 114 Å². The van der Waals surface area contributed by atoms with Crippen LogP contribution in [0.15, 0.2) is 0 Å². The van der Waals surface area contributed by atoms with Crippen molar-refractivity contribution in [3.63, 3.8) is 0 Å². The van der Waals surface area contributed by atoms with Gasteiger partial charge in [-0.25, -0.2) is 0 Å². The van der Waals surface area contributed by atoms with E-state index < -0.39 is 5.96 Å². The van der Waals surface area contributed by atoms with Crippen molar-refractivity contribution in [3.8, 4) is 0 Å². The van der Waals surface area contributed by atoms with E-state index >= 15 is 0 Å². The summed E-state index contributed by atoms with van der Waals surface area (Å²) in [6.07, 6.45) is 37.7. The summed E-state index contributed by atoms with van der Waals surface area (Å²) in [6.45, 7) is 9.16. The minimum atomic E-state index is -1.76. The van der Waals surface area contributed by atoms with Crippen molar-refractivity contribution in [2.75, 3.05) is 26.2 Å². The molecule has 0 radical (unpaired) electrons. The molecule has 32 heavy (non-hydrogen) atoms. The van der Waals surface area contributed by atoms with Gasteiger partial charge in [0.15, 0.2) is 0 Å². The Bertz CT molecular complexity index is 362. The van der Waals surface area contributed by atoms with Crippen LogP contribution in [0.1, 0.15) is 167 Å². The van der Waals surface area contributed by atoms with E-state index in [9.17, 15) is 0 Å². The maximum atomic E-state index is 6.62. The van der Waals surface area contributed by atoms with Crippen LogP contribution in [0.2, 0.25) is 0 Å². The molecule has 0 fully saturated rings. The molecule has 0 aliphatic heterocycles. The van der Waals surface area contributed by atoms with Crippen molar-refractivity contribution in [3.05, 3.63) is 0 Å². The summed E-state index contributed by atoms with van der Waals surface area (Å²) in [7, 11) is 0. The summed E-state index contributed by atoms with van der Waals surface area (Å²) in [5, 5.41) is 0. The van der Waals surface area contributed by atoms with Crippen LogP contribution in [0, 0.1) is 0 Å². The topological polar surface area (TPSA) is 0 Å². The van der Waals surface area contributed by atoms with Crippen LogP contribution >= 0.6 is 17.2 Å². The Kier molecular flexibility index (Phi) is 22.7. The molecule has 0 aliphatic carbocycles. The molecule has 0 atom stereocenters. The average Bonchev–Trinajstić information content (AvgIpc) is 2.72. The second kappa shape index (κ2) is 22.2. The number of rotatable bonds is 26. The summed E-state index contributed by atoms with van der Waals surface area (Å²) in [5.74, 6) is -1.76. The molecule has 0 aliphatic rings.